The van der Waals surface area contributed by atoms with Gasteiger partial charge in [-0.25, -0.2) is 9.79 Å². The number of unbranched alkanes of at least 4 members (excludes halogenated alkanes) is 4. The van der Waals surface area contributed by atoms with E-state index in [1.165, 1.54) is 20.1 Å². The average molecular weight is 471 g/mol. The van der Waals surface area contributed by atoms with Gasteiger partial charge in [0.05, 0.1) is 18.7 Å². The van der Waals surface area contributed by atoms with E-state index in [4.69, 9.17) is 25.7 Å². The van der Waals surface area contributed by atoms with E-state index < -0.39 is 30.3 Å². The van der Waals surface area contributed by atoms with Gasteiger partial charge >= 0.3 is 11.9 Å². The van der Waals surface area contributed by atoms with Crippen LogP contribution < -0.4 is 16.8 Å². The maximum absolute atomic E-state index is 12.1. The molecule has 1 rings (SSSR count). The first kappa shape index (κ1) is 28.2. The number of aliphatic imine (C=N–C) groups is 1. The Labute approximate surface area is 194 Å². The number of amides is 1. The molecule has 0 saturated heterocycles. The smallest absolute Gasteiger partial charge is 0.370 e. The van der Waals surface area contributed by atoms with Crippen molar-refractivity contribution in [2.75, 3.05) is 13.7 Å². The molecule has 5 unspecified atom stereocenters. The molecule has 0 aromatic rings. The van der Waals surface area contributed by atoms with Crippen molar-refractivity contribution in [2.45, 2.75) is 83.6 Å². The molecule has 188 valence electrons. The van der Waals surface area contributed by atoms with Crippen LogP contribution >= 0.6 is 0 Å². The summed E-state index contributed by atoms with van der Waals surface area (Å²) in [6, 6.07) is -1.70. The lowest BCUT2D eigenvalue weighted by Crippen LogP contribution is -2.59. The second kappa shape index (κ2) is 14.4. The molecule has 5 atom stereocenters. The lowest BCUT2D eigenvalue weighted by atomic mass is 9.89. The standard InChI is InChI=1S/C22H38N4O7/c1-5-6-7-8-9-10-17(28)32-12-13(2)19(31-4)20-18(25-14(3)27)15(26-22(23)24)11-16(33-20)21(29)30/h11,13,15,18-20H,5-10,12H2,1-4H3,(H,25,27)(H,29,30)(H4,23,24,26). The third kappa shape index (κ3) is 9.68. The molecule has 1 aliphatic heterocycles. The van der Waals surface area contributed by atoms with E-state index in [1.54, 1.807) is 6.92 Å². The van der Waals surface area contributed by atoms with Gasteiger partial charge in [-0.15, -0.1) is 0 Å². The van der Waals surface area contributed by atoms with Gasteiger partial charge in [0.25, 0.3) is 0 Å². The Morgan fingerprint density at radius 3 is 2.45 bits per heavy atom. The van der Waals surface area contributed by atoms with Gasteiger partial charge in [0.15, 0.2) is 5.96 Å². The fourth-order valence-electron chi connectivity index (χ4n) is 3.75. The highest BCUT2D eigenvalue weighted by molar-refractivity contribution is 5.85. The predicted octanol–water partition coefficient (Wildman–Crippen LogP) is 1.06. The molecule has 1 aliphatic rings. The normalized spacial score (nSPS) is 21.7. The number of hydrogen-bond acceptors (Lipinski definition) is 7. The Morgan fingerprint density at radius 2 is 1.91 bits per heavy atom. The van der Waals surface area contributed by atoms with Crippen molar-refractivity contribution in [1.29, 1.82) is 0 Å². The minimum absolute atomic E-state index is 0.0397. The zero-order chi connectivity index (χ0) is 25.0. The van der Waals surface area contributed by atoms with Gasteiger partial charge in [0.2, 0.25) is 11.7 Å². The molecule has 0 spiro atoms. The van der Waals surface area contributed by atoms with E-state index in [2.05, 4.69) is 17.2 Å². The molecule has 0 aromatic heterocycles. The summed E-state index contributed by atoms with van der Waals surface area (Å²) in [4.78, 5) is 39.6. The lowest BCUT2D eigenvalue weighted by molar-refractivity contribution is -0.151. The number of nitrogens with one attached hydrogen (secondary N) is 1. The Hall–Kier alpha value is -2.82. The topological polar surface area (TPSA) is 176 Å². The van der Waals surface area contributed by atoms with Gasteiger partial charge in [-0.1, -0.05) is 39.5 Å². The SMILES string of the molecule is CCCCCCCC(=O)OCC(C)C(OC)C1OC(C(=O)O)=CC(N=C(N)N)C1NC(C)=O. The van der Waals surface area contributed by atoms with Crippen LogP contribution in [-0.2, 0) is 28.6 Å². The second-order valence-corrected chi connectivity index (χ2v) is 8.21. The van der Waals surface area contributed by atoms with Gasteiger partial charge in [0, 0.05) is 26.4 Å². The van der Waals surface area contributed by atoms with Crippen LogP contribution in [0.3, 0.4) is 0 Å². The number of methoxy groups -OCH3 is 1. The van der Waals surface area contributed by atoms with E-state index in [0.717, 1.165) is 32.1 Å². The molecule has 1 amide bonds. The first-order chi connectivity index (χ1) is 15.6. The molecule has 6 N–H and O–H groups in total. The van der Waals surface area contributed by atoms with Crippen molar-refractivity contribution in [3.05, 3.63) is 11.8 Å². The van der Waals surface area contributed by atoms with Crippen molar-refractivity contribution in [3.63, 3.8) is 0 Å². The molecule has 0 bridgehead atoms. The van der Waals surface area contributed by atoms with Crippen LogP contribution in [0.25, 0.3) is 0 Å². The molecule has 11 nitrogen and oxygen atoms in total. The number of carbonyl (C=O) groups is 3. The van der Waals surface area contributed by atoms with Gasteiger partial charge in [0.1, 0.15) is 12.2 Å². The molecule has 0 radical (unpaired) electrons. The van der Waals surface area contributed by atoms with Crippen molar-refractivity contribution < 1.29 is 33.7 Å². The molecule has 11 heteroatoms. The number of carbonyl (C=O) groups excluding carboxylic acids is 2. The van der Waals surface area contributed by atoms with E-state index in [0.29, 0.717) is 6.42 Å². The summed E-state index contributed by atoms with van der Waals surface area (Å²) >= 11 is 0. The van der Waals surface area contributed by atoms with Gasteiger partial charge in [-0.05, 0) is 12.5 Å². The van der Waals surface area contributed by atoms with Crippen LogP contribution in [0.2, 0.25) is 0 Å². The van der Waals surface area contributed by atoms with E-state index in [9.17, 15) is 19.5 Å². The van der Waals surface area contributed by atoms with Crippen molar-refractivity contribution in [2.24, 2.45) is 22.4 Å². The summed E-state index contributed by atoms with van der Waals surface area (Å²) in [6.07, 6.45) is 4.98. The first-order valence-electron chi connectivity index (χ1n) is 11.3. The van der Waals surface area contributed by atoms with Crippen molar-refractivity contribution in [3.8, 4) is 0 Å². The Morgan fingerprint density at radius 1 is 1.24 bits per heavy atom. The molecule has 1 heterocycles. The van der Waals surface area contributed by atoms with Gasteiger partial charge in [-0.3, -0.25) is 9.59 Å². The largest absolute Gasteiger partial charge is 0.478 e. The fourth-order valence-corrected chi connectivity index (χ4v) is 3.75. The Bertz CT molecular complexity index is 722. The molecule has 0 aromatic carbocycles. The van der Waals surface area contributed by atoms with Crippen molar-refractivity contribution >= 4 is 23.8 Å². The van der Waals surface area contributed by atoms with Crippen molar-refractivity contribution in [1.82, 2.24) is 5.32 Å². The quantitative estimate of drug-likeness (QED) is 0.125. The van der Waals surface area contributed by atoms with Gasteiger partial charge in [-0.2, -0.15) is 0 Å². The number of esters is 1. The zero-order valence-electron chi connectivity index (χ0n) is 19.9. The number of ether oxygens (including phenoxy) is 3. The second-order valence-electron chi connectivity index (χ2n) is 8.21. The van der Waals surface area contributed by atoms with Crippen LogP contribution in [0.5, 0.6) is 0 Å². The highest BCUT2D eigenvalue weighted by Crippen LogP contribution is 2.28. The summed E-state index contributed by atoms with van der Waals surface area (Å²) < 4.78 is 16.7. The highest BCUT2D eigenvalue weighted by Gasteiger charge is 2.44. The van der Waals surface area contributed by atoms with Gasteiger partial charge < -0.3 is 36.1 Å². The first-order valence-corrected chi connectivity index (χ1v) is 11.3. The minimum Gasteiger partial charge on any atom is -0.478 e. The van der Waals surface area contributed by atoms with Crippen LogP contribution in [0.4, 0.5) is 0 Å². The molecular formula is C22H38N4O7. The molecule has 0 saturated carbocycles. The fraction of sp³-hybridized carbons (Fsp3) is 0.727. The monoisotopic (exact) mass is 470 g/mol. The molecule has 0 fully saturated rings. The number of guanidine groups is 1. The molecule has 33 heavy (non-hydrogen) atoms. The number of carboxylic acids is 1. The third-order valence-electron chi connectivity index (χ3n) is 5.33. The maximum atomic E-state index is 12.1. The van der Waals surface area contributed by atoms with Crippen LogP contribution in [0, 0.1) is 5.92 Å². The molecule has 0 aliphatic carbocycles. The maximum Gasteiger partial charge on any atom is 0.370 e. The highest BCUT2D eigenvalue weighted by atomic mass is 16.6. The Balaban J connectivity index is 2.94. The number of nitrogens with two attached hydrogens (primary N) is 2. The van der Waals surface area contributed by atoms with E-state index >= 15 is 0 Å². The Kier molecular flexibility index (Phi) is 12.3. The average Bonchev–Trinajstić information content (AvgIpc) is 2.73. The summed E-state index contributed by atoms with van der Waals surface area (Å²) in [6.45, 7) is 5.26. The number of carboxylic acid groups (broad SMARTS) is 1. The number of aliphatic carboxylic acids is 1. The van der Waals surface area contributed by atoms with Crippen LogP contribution in [-0.4, -0.2) is 66.9 Å². The minimum atomic E-state index is -1.31. The lowest BCUT2D eigenvalue weighted by Gasteiger charge is -2.40. The molecular weight excluding hydrogens is 432 g/mol. The summed E-state index contributed by atoms with van der Waals surface area (Å²) in [7, 11) is 1.43. The number of nitrogens with zero attached hydrogens (tertiary/aromatic N) is 1. The zero-order valence-corrected chi connectivity index (χ0v) is 19.9. The van der Waals surface area contributed by atoms with Crippen LogP contribution in [0.15, 0.2) is 16.8 Å². The summed E-state index contributed by atoms with van der Waals surface area (Å²) in [5.74, 6) is -3.02. The van der Waals surface area contributed by atoms with E-state index in [-0.39, 0.29) is 36.1 Å². The van der Waals surface area contributed by atoms with Crippen LogP contribution in [0.1, 0.15) is 59.3 Å². The predicted molar refractivity (Wildman–Crippen MR) is 122 cm³/mol. The number of hydrogen-bond donors (Lipinski definition) is 4. The number of rotatable bonds is 14. The third-order valence-corrected chi connectivity index (χ3v) is 5.33. The van der Waals surface area contributed by atoms with E-state index in [1.807, 2.05) is 0 Å². The summed E-state index contributed by atoms with van der Waals surface area (Å²) in [5, 5.41) is 12.2. The summed E-state index contributed by atoms with van der Waals surface area (Å²) in [5.41, 5.74) is 11.0.